The minimum Gasteiger partial charge on any atom is -0.383 e. The highest BCUT2D eigenvalue weighted by Gasteiger charge is 2.25. The summed E-state index contributed by atoms with van der Waals surface area (Å²) in [6.45, 7) is 4.21. The molecule has 5 nitrogen and oxygen atoms in total. The third-order valence-electron chi connectivity index (χ3n) is 3.55. The van der Waals surface area contributed by atoms with Crippen LogP contribution >= 0.6 is 0 Å². The summed E-state index contributed by atoms with van der Waals surface area (Å²) in [7, 11) is 1.77. The van der Waals surface area contributed by atoms with Crippen LogP contribution in [0.4, 0.5) is 11.6 Å². The lowest BCUT2D eigenvalue weighted by molar-refractivity contribution is 0.108. The Morgan fingerprint density at radius 1 is 1.39 bits per heavy atom. The van der Waals surface area contributed by atoms with Gasteiger partial charge in [0.1, 0.15) is 18.0 Å². The molecule has 3 N–H and O–H groups in total. The summed E-state index contributed by atoms with van der Waals surface area (Å²) in [5.74, 6) is 1.76. The lowest BCUT2D eigenvalue weighted by Gasteiger charge is -2.18. The smallest absolute Gasteiger partial charge is 0.135 e. The number of hydrogen-bond donors (Lipinski definition) is 2. The number of aromatic nitrogens is 2. The Bertz CT molecular complexity index is 408. The van der Waals surface area contributed by atoms with Crippen molar-refractivity contribution in [3.63, 3.8) is 0 Å². The molecule has 1 aliphatic rings. The highest BCUT2D eigenvalue weighted by Crippen LogP contribution is 2.30. The molecule has 1 aromatic heterocycles. The molecular formula is C13H22N4O. The molecule has 1 heterocycles. The number of nitrogen functional groups attached to an aromatic ring is 1. The normalized spacial score (nSPS) is 23.6. The Labute approximate surface area is 108 Å². The van der Waals surface area contributed by atoms with E-state index in [0.29, 0.717) is 23.9 Å². The van der Waals surface area contributed by atoms with Gasteiger partial charge in [-0.05, 0) is 25.2 Å². The van der Waals surface area contributed by atoms with Gasteiger partial charge in [-0.15, -0.1) is 0 Å². The first kappa shape index (κ1) is 13.1. The fourth-order valence-corrected chi connectivity index (χ4v) is 2.57. The Morgan fingerprint density at radius 2 is 2.17 bits per heavy atom. The maximum atomic E-state index is 5.93. The quantitative estimate of drug-likeness (QED) is 0.856. The molecule has 1 aliphatic carbocycles. The van der Waals surface area contributed by atoms with E-state index in [0.717, 1.165) is 30.6 Å². The summed E-state index contributed by atoms with van der Waals surface area (Å²) < 4.78 is 5.38. The SMILES string of the molecule is COC1CCC(Nc2ncnc(N)c2C(C)C)C1. The Morgan fingerprint density at radius 3 is 2.78 bits per heavy atom. The maximum Gasteiger partial charge on any atom is 0.135 e. The Hall–Kier alpha value is -1.36. The summed E-state index contributed by atoms with van der Waals surface area (Å²) in [6.07, 6.45) is 5.12. The number of nitrogens with two attached hydrogens (primary N) is 1. The number of nitrogens with one attached hydrogen (secondary N) is 1. The van der Waals surface area contributed by atoms with Crippen molar-refractivity contribution in [1.29, 1.82) is 0 Å². The zero-order chi connectivity index (χ0) is 13.1. The van der Waals surface area contributed by atoms with Crippen LogP contribution in [0.15, 0.2) is 6.33 Å². The number of anilines is 2. The van der Waals surface area contributed by atoms with Gasteiger partial charge in [-0.1, -0.05) is 13.8 Å². The minimum atomic E-state index is 0.313. The van der Waals surface area contributed by atoms with E-state index < -0.39 is 0 Å². The fourth-order valence-electron chi connectivity index (χ4n) is 2.57. The average molecular weight is 250 g/mol. The van der Waals surface area contributed by atoms with Crippen LogP contribution in [0.25, 0.3) is 0 Å². The third-order valence-corrected chi connectivity index (χ3v) is 3.55. The molecule has 0 amide bonds. The number of nitrogens with zero attached hydrogens (tertiary/aromatic N) is 2. The molecule has 1 fully saturated rings. The van der Waals surface area contributed by atoms with Crippen LogP contribution in [0.3, 0.4) is 0 Å². The molecule has 5 heteroatoms. The fraction of sp³-hybridized carbons (Fsp3) is 0.692. The Balaban J connectivity index is 2.12. The molecule has 0 spiro atoms. The molecule has 2 rings (SSSR count). The largest absolute Gasteiger partial charge is 0.383 e. The summed E-state index contributed by atoms with van der Waals surface area (Å²) in [4.78, 5) is 8.40. The van der Waals surface area contributed by atoms with Crippen LogP contribution in [0.1, 0.15) is 44.6 Å². The molecule has 2 unspecified atom stereocenters. The van der Waals surface area contributed by atoms with Gasteiger partial charge in [0.2, 0.25) is 0 Å². The van der Waals surface area contributed by atoms with E-state index in [2.05, 4.69) is 29.1 Å². The van der Waals surface area contributed by atoms with Gasteiger partial charge in [0.15, 0.2) is 0 Å². The molecule has 18 heavy (non-hydrogen) atoms. The van der Waals surface area contributed by atoms with Gasteiger partial charge in [0.25, 0.3) is 0 Å². The van der Waals surface area contributed by atoms with Crippen molar-refractivity contribution in [2.45, 2.75) is 51.2 Å². The van der Waals surface area contributed by atoms with Crippen molar-refractivity contribution >= 4 is 11.6 Å². The van der Waals surface area contributed by atoms with Gasteiger partial charge in [-0.3, -0.25) is 0 Å². The van der Waals surface area contributed by atoms with E-state index in [1.165, 1.54) is 6.33 Å². The highest BCUT2D eigenvalue weighted by atomic mass is 16.5. The van der Waals surface area contributed by atoms with Gasteiger partial charge in [-0.2, -0.15) is 0 Å². The first-order chi connectivity index (χ1) is 8.61. The number of hydrogen-bond acceptors (Lipinski definition) is 5. The second-order valence-corrected chi connectivity index (χ2v) is 5.19. The number of methoxy groups -OCH3 is 1. The predicted molar refractivity (Wildman–Crippen MR) is 72.6 cm³/mol. The van der Waals surface area contributed by atoms with Crippen molar-refractivity contribution < 1.29 is 4.74 Å². The molecule has 2 atom stereocenters. The zero-order valence-electron chi connectivity index (χ0n) is 11.3. The van der Waals surface area contributed by atoms with Crippen molar-refractivity contribution in [2.24, 2.45) is 0 Å². The second-order valence-electron chi connectivity index (χ2n) is 5.19. The van der Waals surface area contributed by atoms with E-state index in [9.17, 15) is 0 Å². The van der Waals surface area contributed by atoms with Gasteiger partial charge in [0.05, 0.1) is 6.10 Å². The van der Waals surface area contributed by atoms with Crippen molar-refractivity contribution in [2.75, 3.05) is 18.2 Å². The van der Waals surface area contributed by atoms with Gasteiger partial charge in [-0.25, -0.2) is 9.97 Å². The standard InChI is InChI=1S/C13H22N4O/c1-8(2)11-12(14)15-7-16-13(11)17-9-4-5-10(6-9)18-3/h7-10H,4-6H2,1-3H3,(H3,14,15,16,17). The van der Waals surface area contributed by atoms with E-state index in [-0.39, 0.29) is 0 Å². The highest BCUT2D eigenvalue weighted by molar-refractivity contribution is 5.57. The summed E-state index contributed by atoms with van der Waals surface area (Å²) in [5.41, 5.74) is 6.95. The summed E-state index contributed by atoms with van der Waals surface area (Å²) in [6, 6.07) is 0.418. The van der Waals surface area contributed by atoms with Crippen LogP contribution in [0.5, 0.6) is 0 Å². The van der Waals surface area contributed by atoms with Crippen molar-refractivity contribution in [3.05, 3.63) is 11.9 Å². The number of ether oxygens (including phenoxy) is 1. The van der Waals surface area contributed by atoms with Gasteiger partial charge >= 0.3 is 0 Å². The number of rotatable bonds is 4. The summed E-state index contributed by atoms with van der Waals surface area (Å²) in [5, 5.41) is 3.48. The van der Waals surface area contributed by atoms with E-state index in [1.54, 1.807) is 7.11 Å². The average Bonchev–Trinajstić information content (AvgIpc) is 2.76. The van der Waals surface area contributed by atoms with Crippen LogP contribution in [-0.2, 0) is 4.74 Å². The monoisotopic (exact) mass is 250 g/mol. The Kier molecular flexibility index (Phi) is 4.01. The molecule has 0 radical (unpaired) electrons. The van der Waals surface area contributed by atoms with Crippen molar-refractivity contribution in [3.8, 4) is 0 Å². The second kappa shape index (κ2) is 5.52. The van der Waals surface area contributed by atoms with Crippen LogP contribution in [0.2, 0.25) is 0 Å². The predicted octanol–water partition coefficient (Wildman–Crippen LogP) is 2.16. The van der Waals surface area contributed by atoms with E-state index in [4.69, 9.17) is 10.5 Å². The van der Waals surface area contributed by atoms with Crippen LogP contribution < -0.4 is 11.1 Å². The lowest BCUT2D eigenvalue weighted by Crippen LogP contribution is -2.20. The molecule has 1 saturated carbocycles. The molecule has 0 saturated heterocycles. The van der Waals surface area contributed by atoms with E-state index >= 15 is 0 Å². The third kappa shape index (κ3) is 2.72. The van der Waals surface area contributed by atoms with Gasteiger partial charge < -0.3 is 15.8 Å². The maximum absolute atomic E-state index is 5.93. The van der Waals surface area contributed by atoms with Crippen molar-refractivity contribution in [1.82, 2.24) is 9.97 Å². The summed E-state index contributed by atoms with van der Waals surface area (Å²) >= 11 is 0. The van der Waals surface area contributed by atoms with Crippen LogP contribution in [0, 0.1) is 0 Å². The lowest BCUT2D eigenvalue weighted by atomic mass is 10.0. The zero-order valence-corrected chi connectivity index (χ0v) is 11.3. The van der Waals surface area contributed by atoms with E-state index in [1.807, 2.05) is 0 Å². The molecule has 0 aliphatic heterocycles. The van der Waals surface area contributed by atoms with Crippen LogP contribution in [-0.4, -0.2) is 29.2 Å². The topological polar surface area (TPSA) is 73.1 Å². The minimum absolute atomic E-state index is 0.313. The van der Waals surface area contributed by atoms with Gasteiger partial charge in [0, 0.05) is 18.7 Å². The first-order valence-corrected chi connectivity index (χ1v) is 6.51. The molecule has 1 aromatic rings. The molecule has 0 bridgehead atoms. The first-order valence-electron chi connectivity index (χ1n) is 6.51. The molecular weight excluding hydrogens is 228 g/mol. The molecule has 100 valence electrons. The molecule has 0 aromatic carbocycles.